The van der Waals surface area contributed by atoms with Crippen LogP contribution in [0.2, 0.25) is 0 Å². The van der Waals surface area contributed by atoms with Crippen LogP contribution in [0.15, 0.2) is 24.3 Å². The van der Waals surface area contributed by atoms with E-state index < -0.39 is 11.9 Å². The van der Waals surface area contributed by atoms with E-state index in [0.717, 1.165) is 6.42 Å². The van der Waals surface area contributed by atoms with E-state index in [1.165, 1.54) is 89.9 Å². The second-order valence-corrected chi connectivity index (χ2v) is 7.80. The highest BCUT2D eigenvalue weighted by atomic mass is 16.6. The molecule has 0 aromatic rings. The summed E-state index contributed by atoms with van der Waals surface area (Å²) in [4.78, 5) is 22.2. The lowest BCUT2D eigenvalue weighted by Gasteiger charge is -2.02. The molecule has 1 heterocycles. The number of allylic oxidation sites excluding steroid dienone is 3. The van der Waals surface area contributed by atoms with Gasteiger partial charge in [0.05, 0.1) is 12.3 Å². The number of carbonyl (C=O) groups is 2. The van der Waals surface area contributed by atoms with E-state index in [1.807, 2.05) is 12.2 Å². The largest absolute Gasteiger partial charge is 0.393 e. The maximum Gasteiger partial charge on any atom is 0.321 e. The van der Waals surface area contributed by atoms with Crippen molar-refractivity contribution in [3.05, 3.63) is 24.3 Å². The topological polar surface area (TPSA) is 43.4 Å². The lowest BCUT2D eigenvalue weighted by Crippen LogP contribution is -2.03. The standard InChI is InChI=1S/C24H40O3/c1-2-3-4-5-6-7-8-9-10-11-12-13-14-15-16-17-18-19-20-22-21-23(25)27-24(22)26/h17-20,22H,2-16,21H2,1H3. The lowest BCUT2D eigenvalue weighted by molar-refractivity contribution is -0.152. The number of carbonyl (C=O) groups excluding carboxylic acids is 2. The number of ether oxygens (including phenoxy) is 1. The Balaban J connectivity index is 1.80. The van der Waals surface area contributed by atoms with E-state index in [-0.39, 0.29) is 12.3 Å². The van der Waals surface area contributed by atoms with Crippen molar-refractivity contribution in [1.29, 1.82) is 0 Å². The second kappa shape index (κ2) is 16.8. The Hall–Kier alpha value is -1.38. The van der Waals surface area contributed by atoms with Crippen LogP contribution in [0, 0.1) is 5.92 Å². The van der Waals surface area contributed by atoms with Gasteiger partial charge in [-0.3, -0.25) is 9.59 Å². The third-order valence-corrected chi connectivity index (χ3v) is 5.22. The van der Waals surface area contributed by atoms with Gasteiger partial charge in [0.2, 0.25) is 0 Å². The molecule has 0 N–H and O–H groups in total. The van der Waals surface area contributed by atoms with Crippen LogP contribution in [0.5, 0.6) is 0 Å². The Morgan fingerprint density at radius 3 is 1.78 bits per heavy atom. The van der Waals surface area contributed by atoms with E-state index in [4.69, 9.17) is 0 Å². The Labute approximate surface area is 166 Å². The fourth-order valence-electron chi connectivity index (χ4n) is 3.47. The Morgan fingerprint density at radius 1 is 0.778 bits per heavy atom. The van der Waals surface area contributed by atoms with Crippen molar-refractivity contribution in [3.63, 3.8) is 0 Å². The van der Waals surface area contributed by atoms with Gasteiger partial charge in [0.25, 0.3) is 0 Å². The summed E-state index contributed by atoms with van der Waals surface area (Å²) < 4.78 is 4.51. The van der Waals surface area contributed by atoms with Crippen LogP contribution in [0.25, 0.3) is 0 Å². The molecule has 1 rings (SSSR count). The molecule has 1 aliphatic heterocycles. The van der Waals surface area contributed by atoms with Gasteiger partial charge in [-0.1, -0.05) is 115 Å². The smallest absolute Gasteiger partial charge is 0.321 e. The molecule has 1 atom stereocenters. The normalized spacial score (nSPS) is 17.4. The summed E-state index contributed by atoms with van der Waals surface area (Å²) in [6.45, 7) is 2.28. The summed E-state index contributed by atoms with van der Waals surface area (Å²) in [7, 11) is 0. The summed E-state index contributed by atoms with van der Waals surface area (Å²) in [6.07, 6.45) is 28.4. The van der Waals surface area contributed by atoms with E-state index in [9.17, 15) is 9.59 Å². The van der Waals surface area contributed by atoms with Gasteiger partial charge in [0, 0.05) is 0 Å². The first-order valence-corrected chi connectivity index (χ1v) is 11.3. The molecule has 0 amide bonds. The average Bonchev–Trinajstić information content (AvgIpc) is 2.98. The van der Waals surface area contributed by atoms with Gasteiger partial charge in [-0.2, -0.15) is 0 Å². The zero-order chi connectivity index (χ0) is 19.6. The third kappa shape index (κ3) is 13.4. The molecule has 3 nitrogen and oxygen atoms in total. The van der Waals surface area contributed by atoms with Crippen LogP contribution in [-0.4, -0.2) is 11.9 Å². The van der Waals surface area contributed by atoms with E-state index >= 15 is 0 Å². The van der Waals surface area contributed by atoms with E-state index in [2.05, 4.69) is 17.7 Å². The van der Waals surface area contributed by atoms with Crippen LogP contribution in [0.3, 0.4) is 0 Å². The van der Waals surface area contributed by atoms with Crippen molar-refractivity contribution in [2.24, 2.45) is 5.92 Å². The van der Waals surface area contributed by atoms with Crippen LogP contribution < -0.4 is 0 Å². The Morgan fingerprint density at radius 2 is 1.30 bits per heavy atom. The van der Waals surface area contributed by atoms with Crippen molar-refractivity contribution in [2.45, 2.75) is 110 Å². The van der Waals surface area contributed by atoms with Crippen molar-refractivity contribution >= 4 is 11.9 Å². The van der Waals surface area contributed by atoms with Crippen LogP contribution in [-0.2, 0) is 14.3 Å². The minimum absolute atomic E-state index is 0.183. The molecule has 0 radical (unpaired) electrons. The van der Waals surface area contributed by atoms with Gasteiger partial charge in [-0.15, -0.1) is 0 Å². The molecule has 0 spiro atoms. The van der Waals surface area contributed by atoms with Crippen LogP contribution in [0.1, 0.15) is 110 Å². The number of hydrogen-bond donors (Lipinski definition) is 0. The first kappa shape index (κ1) is 23.7. The summed E-state index contributed by atoms with van der Waals surface area (Å²) in [6, 6.07) is 0. The van der Waals surface area contributed by atoms with Crippen molar-refractivity contribution in [3.8, 4) is 0 Å². The molecule has 0 aliphatic carbocycles. The zero-order valence-electron chi connectivity index (χ0n) is 17.4. The van der Waals surface area contributed by atoms with Crippen molar-refractivity contribution in [1.82, 2.24) is 0 Å². The summed E-state index contributed by atoms with van der Waals surface area (Å²) in [5.41, 5.74) is 0. The highest BCUT2D eigenvalue weighted by Gasteiger charge is 2.30. The minimum Gasteiger partial charge on any atom is -0.393 e. The average molecular weight is 377 g/mol. The molecule has 154 valence electrons. The monoisotopic (exact) mass is 376 g/mol. The van der Waals surface area contributed by atoms with Gasteiger partial charge in [-0.05, 0) is 12.8 Å². The van der Waals surface area contributed by atoms with Crippen LogP contribution in [0.4, 0.5) is 0 Å². The number of cyclic esters (lactones) is 2. The number of rotatable bonds is 17. The summed E-state index contributed by atoms with van der Waals surface area (Å²) >= 11 is 0. The zero-order valence-corrected chi connectivity index (χ0v) is 17.4. The number of esters is 2. The molecule has 0 bridgehead atoms. The second-order valence-electron chi connectivity index (χ2n) is 7.80. The maximum absolute atomic E-state index is 11.3. The summed E-state index contributed by atoms with van der Waals surface area (Å²) in [5.74, 6) is -1.22. The molecule has 0 aromatic carbocycles. The Kier molecular flexibility index (Phi) is 14.7. The van der Waals surface area contributed by atoms with E-state index in [0.29, 0.717) is 0 Å². The molecule has 1 fully saturated rings. The first-order valence-electron chi connectivity index (χ1n) is 11.3. The molecule has 0 aromatic heterocycles. The molecule has 1 unspecified atom stereocenters. The molecular weight excluding hydrogens is 336 g/mol. The molecule has 1 saturated heterocycles. The molecule has 3 heteroatoms. The fourth-order valence-corrected chi connectivity index (χ4v) is 3.47. The predicted molar refractivity (Wildman–Crippen MR) is 112 cm³/mol. The molecule has 1 aliphatic rings. The molecular formula is C24H40O3. The SMILES string of the molecule is CCCCCCCCCCCCCCCCC=CC=CC1CC(=O)OC1=O. The van der Waals surface area contributed by atoms with Gasteiger partial charge in [-0.25, -0.2) is 0 Å². The van der Waals surface area contributed by atoms with Gasteiger partial charge in [0.15, 0.2) is 0 Å². The van der Waals surface area contributed by atoms with Gasteiger partial charge in [0.1, 0.15) is 0 Å². The molecule has 27 heavy (non-hydrogen) atoms. The highest BCUT2D eigenvalue weighted by Crippen LogP contribution is 2.17. The minimum atomic E-state index is -0.420. The lowest BCUT2D eigenvalue weighted by atomic mass is 10.0. The quantitative estimate of drug-likeness (QED) is 0.118. The van der Waals surface area contributed by atoms with Gasteiger partial charge < -0.3 is 4.74 Å². The number of hydrogen-bond acceptors (Lipinski definition) is 3. The fraction of sp³-hybridized carbons (Fsp3) is 0.750. The Bertz CT molecular complexity index is 451. The molecule has 0 saturated carbocycles. The highest BCUT2D eigenvalue weighted by molar-refractivity contribution is 5.95. The predicted octanol–water partition coefficient (Wildman–Crippen LogP) is 7.06. The number of unbranched alkanes of at least 4 members (excludes halogenated alkanes) is 14. The first-order chi connectivity index (χ1) is 13.2. The van der Waals surface area contributed by atoms with Crippen LogP contribution >= 0.6 is 0 Å². The van der Waals surface area contributed by atoms with Crippen molar-refractivity contribution < 1.29 is 14.3 Å². The summed E-state index contributed by atoms with van der Waals surface area (Å²) in [5, 5.41) is 0. The van der Waals surface area contributed by atoms with Gasteiger partial charge >= 0.3 is 11.9 Å². The maximum atomic E-state index is 11.3. The third-order valence-electron chi connectivity index (χ3n) is 5.22. The van der Waals surface area contributed by atoms with E-state index in [1.54, 1.807) is 6.08 Å². The van der Waals surface area contributed by atoms with Crippen molar-refractivity contribution in [2.75, 3.05) is 0 Å².